The number of rotatable bonds is 8. The van der Waals surface area contributed by atoms with E-state index in [4.69, 9.17) is 9.84 Å². The lowest BCUT2D eigenvalue weighted by Crippen LogP contribution is -2.48. The number of aryl methyl sites for hydroxylation is 1. The third-order valence-electron chi connectivity index (χ3n) is 3.44. The Morgan fingerprint density at radius 1 is 1.45 bits per heavy atom. The predicted octanol–water partition coefficient (Wildman–Crippen LogP) is 1.54. The van der Waals surface area contributed by atoms with Gasteiger partial charge in [0.25, 0.3) is 0 Å². The molecule has 0 bridgehead atoms. The van der Waals surface area contributed by atoms with Crippen molar-refractivity contribution in [2.75, 3.05) is 26.9 Å². The fraction of sp³-hybridized carbons (Fsp3) is 0.600. The summed E-state index contributed by atoms with van der Waals surface area (Å²) in [6, 6.07) is 4.34. The van der Waals surface area contributed by atoms with Gasteiger partial charge in [-0.1, -0.05) is 6.07 Å². The lowest BCUT2D eigenvalue weighted by Gasteiger charge is -2.31. The lowest BCUT2D eigenvalue weighted by atomic mass is 9.97. The van der Waals surface area contributed by atoms with E-state index < -0.39 is 11.6 Å². The zero-order chi connectivity index (χ0) is 15.2. The molecule has 0 amide bonds. The van der Waals surface area contributed by atoms with Gasteiger partial charge in [-0.2, -0.15) is 0 Å². The van der Waals surface area contributed by atoms with Gasteiger partial charge in [-0.05, 0) is 43.5 Å². The maximum absolute atomic E-state index is 13.0. The first-order valence-corrected chi connectivity index (χ1v) is 6.71. The van der Waals surface area contributed by atoms with Crippen molar-refractivity contribution in [1.29, 1.82) is 0 Å². The summed E-state index contributed by atoms with van der Waals surface area (Å²) in [5, 5.41) is 22.5. The van der Waals surface area contributed by atoms with Crippen LogP contribution in [-0.4, -0.2) is 42.6 Å². The molecule has 0 heterocycles. The van der Waals surface area contributed by atoms with Crippen LogP contribution in [0, 0.1) is 12.7 Å². The maximum Gasteiger partial charge on any atom is 0.123 e. The number of aliphatic hydroxyl groups is 2. The Morgan fingerprint density at radius 3 is 2.70 bits per heavy atom. The monoisotopic (exact) mass is 285 g/mol. The lowest BCUT2D eigenvalue weighted by molar-refractivity contribution is 0.0821. The molecule has 1 aromatic rings. The molecule has 0 aliphatic carbocycles. The van der Waals surface area contributed by atoms with E-state index in [1.807, 2.05) is 6.92 Å². The summed E-state index contributed by atoms with van der Waals surface area (Å²) in [5.41, 5.74) is 1.01. The van der Waals surface area contributed by atoms with Crippen LogP contribution in [0.4, 0.5) is 4.39 Å². The molecule has 0 saturated carbocycles. The van der Waals surface area contributed by atoms with Gasteiger partial charge in [-0.3, -0.25) is 0 Å². The SMILES string of the molecule is COCC(C)(CCO)NCC(O)c1ccc(F)cc1C. The van der Waals surface area contributed by atoms with Crippen molar-refractivity contribution in [2.24, 2.45) is 0 Å². The Morgan fingerprint density at radius 2 is 2.15 bits per heavy atom. The molecule has 2 unspecified atom stereocenters. The van der Waals surface area contributed by atoms with Crippen LogP contribution in [0.3, 0.4) is 0 Å². The molecule has 0 fully saturated rings. The van der Waals surface area contributed by atoms with E-state index in [1.54, 1.807) is 20.1 Å². The van der Waals surface area contributed by atoms with Gasteiger partial charge in [0.1, 0.15) is 5.82 Å². The molecule has 0 aromatic heterocycles. The molecule has 5 heteroatoms. The summed E-state index contributed by atoms with van der Waals surface area (Å²) in [6.45, 7) is 4.48. The van der Waals surface area contributed by atoms with Crippen LogP contribution in [-0.2, 0) is 4.74 Å². The number of halogens is 1. The number of methoxy groups -OCH3 is 1. The maximum atomic E-state index is 13.0. The normalized spacial score (nSPS) is 15.9. The van der Waals surface area contributed by atoms with Crippen LogP contribution >= 0.6 is 0 Å². The highest BCUT2D eigenvalue weighted by Crippen LogP contribution is 2.19. The summed E-state index contributed by atoms with van der Waals surface area (Å²) in [6.07, 6.45) is -0.207. The van der Waals surface area contributed by atoms with Gasteiger partial charge >= 0.3 is 0 Å². The van der Waals surface area contributed by atoms with E-state index in [0.717, 1.165) is 5.56 Å². The average molecular weight is 285 g/mol. The van der Waals surface area contributed by atoms with E-state index in [0.29, 0.717) is 25.1 Å². The second-order valence-corrected chi connectivity index (χ2v) is 5.36. The van der Waals surface area contributed by atoms with Crippen molar-refractivity contribution in [2.45, 2.75) is 31.9 Å². The summed E-state index contributed by atoms with van der Waals surface area (Å²) < 4.78 is 18.2. The number of β-amino-alcohol motifs (C(OH)–C–C–N with tert-alkyl or cyclic N) is 1. The molecule has 0 aliphatic rings. The van der Waals surface area contributed by atoms with Crippen molar-refractivity contribution in [1.82, 2.24) is 5.32 Å². The minimum atomic E-state index is -0.731. The molecular weight excluding hydrogens is 261 g/mol. The van der Waals surface area contributed by atoms with E-state index in [9.17, 15) is 9.50 Å². The number of ether oxygens (including phenoxy) is 1. The van der Waals surface area contributed by atoms with Crippen LogP contribution in [0.25, 0.3) is 0 Å². The molecule has 0 saturated heterocycles. The molecule has 0 spiro atoms. The predicted molar refractivity (Wildman–Crippen MR) is 76.1 cm³/mol. The van der Waals surface area contributed by atoms with Gasteiger partial charge in [0.15, 0.2) is 0 Å². The highest BCUT2D eigenvalue weighted by atomic mass is 19.1. The second kappa shape index (κ2) is 7.69. The third-order valence-corrected chi connectivity index (χ3v) is 3.44. The number of nitrogens with one attached hydrogen (secondary N) is 1. The molecule has 0 radical (unpaired) electrons. The van der Waals surface area contributed by atoms with Crippen LogP contribution in [0.15, 0.2) is 18.2 Å². The Hall–Kier alpha value is -1.01. The van der Waals surface area contributed by atoms with Gasteiger partial charge in [0, 0.05) is 25.8 Å². The minimum absolute atomic E-state index is 0.0402. The van der Waals surface area contributed by atoms with Gasteiger partial charge in [0.05, 0.1) is 12.7 Å². The summed E-state index contributed by atoms with van der Waals surface area (Å²) in [7, 11) is 1.60. The Balaban J connectivity index is 2.67. The standard InChI is InChI=1S/C15H24FNO3/c1-11-8-12(16)4-5-13(11)14(19)9-17-15(2,6-7-18)10-20-3/h4-5,8,14,17-19H,6-7,9-10H2,1-3H3. The van der Waals surface area contributed by atoms with Gasteiger partial charge < -0.3 is 20.3 Å². The molecule has 1 rings (SSSR count). The van der Waals surface area contributed by atoms with Gasteiger partial charge in [0.2, 0.25) is 0 Å². The molecular formula is C15H24FNO3. The zero-order valence-corrected chi connectivity index (χ0v) is 12.3. The molecule has 20 heavy (non-hydrogen) atoms. The molecule has 3 N–H and O–H groups in total. The molecule has 0 aliphatic heterocycles. The summed E-state index contributed by atoms with van der Waals surface area (Å²) in [4.78, 5) is 0. The van der Waals surface area contributed by atoms with E-state index in [1.165, 1.54) is 12.1 Å². The van der Waals surface area contributed by atoms with Crippen molar-refractivity contribution in [3.05, 3.63) is 35.1 Å². The summed E-state index contributed by atoms with van der Waals surface area (Å²) in [5.74, 6) is -0.309. The second-order valence-electron chi connectivity index (χ2n) is 5.36. The van der Waals surface area contributed by atoms with Crippen LogP contribution in [0.2, 0.25) is 0 Å². The molecule has 2 atom stereocenters. The zero-order valence-electron chi connectivity index (χ0n) is 12.3. The number of hydrogen-bond donors (Lipinski definition) is 3. The topological polar surface area (TPSA) is 61.7 Å². The highest BCUT2D eigenvalue weighted by Gasteiger charge is 2.24. The highest BCUT2D eigenvalue weighted by molar-refractivity contribution is 5.28. The van der Waals surface area contributed by atoms with Crippen LogP contribution in [0.5, 0.6) is 0 Å². The van der Waals surface area contributed by atoms with E-state index in [-0.39, 0.29) is 12.4 Å². The third kappa shape index (κ3) is 4.83. The largest absolute Gasteiger partial charge is 0.396 e. The van der Waals surface area contributed by atoms with E-state index in [2.05, 4.69) is 5.32 Å². The molecule has 114 valence electrons. The number of aliphatic hydroxyl groups excluding tert-OH is 2. The fourth-order valence-corrected chi connectivity index (χ4v) is 2.24. The van der Waals surface area contributed by atoms with E-state index >= 15 is 0 Å². The van der Waals surface area contributed by atoms with Crippen molar-refractivity contribution >= 4 is 0 Å². The summed E-state index contributed by atoms with van der Waals surface area (Å²) >= 11 is 0. The first kappa shape index (κ1) is 17.0. The van der Waals surface area contributed by atoms with Crippen LogP contribution in [0.1, 0.15) is 30.6 Å². The first-order valence-electron chi connectivity index (χ1n) is 6.71. The Labute approximate surface area is 119 Å². The van der Waals surface area contributed by atoms with Crippen molar-refractivity contribution in [3.8, 4) is 0 Å². The van der Waals surface area contributed by atoms with Gasteiger partial charge in [-0.15, -0.1) is 0 Å². The molecule has 4 nitrogen and oxygen atoms in total. The fourth-order valence-electron chi connectivity index (χ4n) is 2.24. The number of hydrogen-bond acceptors (Lipinski definition) is 4. The number of benzene rings is 1. The van der Waals surface area contributed by atoms with Crippen LogP contribution < -0.4 is 5.32 Å². The molecule has 1 aromatic carbocycles. The van der Waals surface area contributed by atoms with Crippen molar-refractivity contribution in [3.63, 3.8) is 0 Å². The minimum Gasteiger partial charge on any atom is -0.396 e. The first-order chi connectivity index (χ1) is 9.41. The Bertz CT molecular complexity index is 420. The smallest absolute Gasteiger partial charge is 0.123 e. The average Bonchev–Trinajstić information content (AvgIpc) is 2.37. The van der Waals surface area contributed by atoms with Gasteiger partial charge in [-0.25, -0.2) is 4.39 Å². The Kier molecular flexibility index (Phi) is 6.55. The quantitative estimate of drug-likeness (QED) is 0.678. The van der Waals surface area contributed by atoms with Crippen molar-refractivity contribution < 1.29 is 19.3 Å².